The molecule has 0 spiro atoms. The third-order valence-corrected chi connectivity index (χ3v) is 3.42. The Morgan fingerprint density at radius 2 is 1.88 bits per heavy atom. The van der Waals surface area contributed by atoms with E-state index in [9.17, 15) is 27.2 Å². The molecule has 0 amide bonds. The fraction of sp³-hybridized carbons (Fsp3) is 0.467. The number of hydrogen-bond donors (Lipinski definition) is 0. The molecule has 0 saturated carbocycles. The van der Waals surface area contributed by atoms with Crippen LogP contribution in [0.4, 0.5) is 23.2 Å². The molecule has 1 saturated heterocycles. The highest BCUT2D eigenvalue weighted by molar-refractivity contribution is 5.98. The molecule has 24 heavy (non-hydrogen) atoms. The van der Waals surface area contributed by atoms with Crippen molar-refractivity contribution in [3.05, 3.63) is 29.1 Å². The number of Topliss-reactive ketones (excluding diaryl/α,β-unsaturated/α-hetero) is 1. The van der Waals surface area contributed by atoms with Crippen LogP contribution in [0.15, 0.2) is 12.1 Å². The summed E-state index contributed by atoms with van der Waals surface area (Å²) in [7, 11) is 0. The second-order valence-electron chi connectivity index (χ2n) is 5.15. The van der Waals surface area contributed by atoms with E-state index in [-0.39, 0.29) is 26.3 Å². The third kappa shape index (κ3) is 4.22. The summed E-state index contributed by atoms with van der Waals surface area (Å²) >= 11 is 0. The summed E-state index contributed by atoms with van der Waals surface area (Å²) in [4.78, 5) is 23.7. The molecule has 0 atom stereocenters. The fourth-order valence-electron chi connectivity index (χ4n) is 2.34. The zero-order valence-electron chi connectivity index (χ0n) is 12.8. The molecule has 1 aliphatic rings. The molecular formula is C15H15F4NO4. The zero-order chi connectivity index (χ0) is 17.9. The van der Waals surface area contributed by atoms with Gasteiger partial charge in [-0.15, -0.1) is 0 Å². The van der Waals surface area contributed by atoms with E-state index < -0.39 is 47.2 Å². The SMILES string of the molecule is CC(=O)OCC(=O)c1cc(F)c(N2CCOCC2)c(C(F)(F)F)c1. The molecule has 132 valence electrons. The maximum atomic E-state index is 14.3. The molecule has 2 rings (SSSR count). The Kier molecular flexibility index (Phi) is 5.43. The van der Waals surface area contributed by atoms with Crippen LogP contribution in [-0.4, -0.2) is 44.7 Å². The summed E-state index contributed by atoms with van der Waals surface area (Å²) in [6.07, 6.45) is -4.84. The monoisotopic (exact) mass is 349 g/mol. The van der Waals surface area contributed by atoms with Gasteiger partial charge in [-0.25, -0.2) is 4.39 Å². The van der Waals surface area contributed by atoms with Gasteiger partial charge in [-0.3, -0.25) is 9.59 Å². The first-order valence-electron chi connectivity index (χ1n) is 7.10. The van der Waals surface area contributed by atoms with Gasteiger partial charge in [-0.1, -0.05) is 0 Å². The number of ether oxygens (including phenoxy) is 2. The summed E-state index contributed by atoms with van der Waals surface area (Å²) in [5, 5.41) is 0. The van der Waals surface area contributed by atoms with E-state index in [1.54, 1.807) is 0 Å². The van der Waals surface area contributed by atoms with E-state index in [1.807, 2.05) is 0 Å². The van der Waals surface area contributed by atoms with E-state index >= 15 is 0 Å². The molecule has 0 aliphatic carbocycles. The molecule has 0 aromatic heterocycles. The van der Waals surface area contributed by atoms with Crippen molar-refractivity contribution in [2.45, 2.75) is 13.1 Å². The molecule has 1 heterocycles. The van der Waals surface area contributed by atoms with E-state index in [2.05, 4.69) is 4.74 Å². The molecule has 1 aromatic carbocycles. The molecule has 1 fully saturated rings. The summed E-state index contributed by atoms with van der Waals surface area (Å²) < 4.78 is 63.8. The van der Waals surface area contributed by atoms with Gasteiger partial charge in [0.05, 0.1) is 24.5 Å². The van der Waals surface area contributed by atoms with E-state index in [4.69, 9.17) is 4.74 Å². The molecule has 1 aliphatic heterocycles. The van der Waals surface area contributed by atoms with Crippen LogP contribution in [0.1, 0.15) is 22.8 Å². The number of carbonyl (C=O) groups excluding carboxylic acids is 2. The van der Waals surface area contributed by atoms with Gasteiger partial charge in [-0.2, -0.15) is 13.2 Å². The average Bonchev–Trinajstić information content (AvgIpc) is 2.51. The maximum Gasteiger partial charge on any atom is 0.418 e. The number of ketones is 1. The number of morpholine rings is 1. The van der Waals surface area contributed by atoms with Gasteiger partial charge in [0.1, 0.15) is 5.82 Å². The lowest BCUT2D eigenvalue weighted by Crippen LogP contribution is -2.38. The second kappa shape index (κ2) is 7.16. The fourth-order valence-corrected chi connectivity index (χ4v) is 2.34. The Labute approximate surface area is 135 Å². The quantitative estimate of drug-likeness (QED) is 0.475. The minimum Gasteiger partial charge on any atom is -0.457 e. The number of hydrogen-bond acceptors (Lipinski definition) is 5. The Morgan fingerprint density at radius 3 is 2.42 bits per heavy atom. The minimum absolute atomic E-state index is 0.112. The van der Waals surface area contributed by atoms with E-state index in [0.717, 1.165) is 13.0 Å². The van der Waals surface area contributed by atoms with Crippen LogP contribution < -0.4 is 4.90 Å². The van der Waals surface area contributed by atoms with Crippen LogP contribution in [0.3, 0.4) is 0 Å². The smallest absolute Gasteiger partial charge is 0.418 e. The van der Waals surface area contributed by atoms with Crippen molar-refractivity contribution >= 4 is 17.4 Å². The Balaban J connectivity index is 2.42. The molecule has 5 nitrogen and oxygen atoms in total. The minimum atomic E-state index is -4.84. The number of benzene rings is 1. The van der Waals surface area contributed by atoms with Crippen LogP contribution in [0.25, 0.3) is 0 Å². The molecule has 0 unspecified atom stereocenters. The molecule has 0 bridgehead atoms. The highest BCUT2D eigenvalue weighted by Crippen LogP contribution is 2.39. The van der Waals surface area contributed by atoms with Crippen molar-refractivity contribution in [1.82, 2.24) is 0 Å². The van der Waals surface area contributed by atoms with E-state index in [1.165, 1.54) is 4.90 Å². The number of rotatable bonds is 4. The first-order valence-corrected chi connectivity index (χ1v) is 7.10. The number of carbonyl (C=O) groups is 2. The van der Waals surface area contributed by atoms with E-state index in [0.29, 0.717) is 6.07 Å². The van der Waals surface area contributed by atoms with Crippen molar-refractivity contribution in [2.75, 3.05) is 37.8 Å². The number of anilines is 1. The third-order valence-electron chi connectivity index (χ3n) is 3.42. The molecule has 0 radical (unpaired) electrons. The number of nitrogens with zero attached hydrogens (tertiary/aromatic N) is 1. The largest absolute Gasteiger partial charge is 0.457 e. The van der Waals surface area contributed by atoms with Gasteiger partial charge < -0.3 is 14.4 Å². The van der Waals surface area contributed by atoms with Crippen LogP contribution in [-0.2, 0) is 20.4 Å². The van der Waals surface area contributed by atoms with Crippen molar-refractivity contribution in [1.29, 1.82) is 0 Å². The first-order chi connectivity index (χ1) is 11.2. The van der Waals surface area contributed by atoms with Gasteiger partial charge >= 0.3 is 12.1 Å². The van der Waals surface area contributed by atoms with Crippen molar-refractivity contribution in [3.63, 3.8) is 0 Å². The summed E-state index contributed by atoms with van der Waals surface area (Å²) in [5.41, 5.74) is -2.34. The van der Waals surface area contributed by atoms with Crippen molar-refractivity contribution < 1.29 is 36.6 Å². The lowest BCUT2D eigenvalue weighted by Gasteiger charge is -2.31. The van der Waals surface area contributed by atoms with Gasteiger partial charge in [0, 0.05) is 25.6 Å². The van der Waals surface area contributed by atoms with Gasteiger partial charge in [0.15, 0.2) is 12.4 Å². The molecular weight excluding hydrogens is 334 g/mol. The van der Waals surface area contributed by atoms with Crippen LogP contribution in [0.5, 0.6) is 0 Å². The van der Waals surface area contributed by atoms with Gasteiger partial charge in [0.2, 0.25) is 0 Å². The Hall–Kier alpha value is -2.16. The zero-order valence-corrected chi connectivity index (χ0v) is 12.8. The first kappa shape index (κ1) is 18.2. The summed E-state index contributed by atoms with van der Waals surface area (Å²) in [5.74, 6) is -2.83. The van der Waals surface area contributed by atoms with Crippen molar-refractivity contribution in [2.24, 2.45) is 0 Å². The van der Waals surface area contributed by atoms with Crippen LogP contribution in [0, 0.1) is 5.82 Å². The van der Waals surface area contributed by atoms with Gasteiger partial charge in [0.25, 0.3) is 0 Å². The predicted octanol–water partition coefficient (Wildman–Crippen LogP) is 2.43. The maximum absolute atomic E-state index is 14.3. The number of alkyl halides is 3. The predicted molar refractivity (Wildman–Crippen MR) is 75.4 cm³/mol. The Bertz CT molecular complexity index is 639. The summed E-state index contributed by atoms with van der Waals surface area (Å²) in [6, 6.07) is 1.31. The highest BCUT2D eigenvalue weighted by atomic mass is 19.4. The normalized spacial score (nSPS) is 15.3. The van der Waals surface area contributed by atoms with Crippen molar-refractivity contribution in [3.8, 4) is 0 Å². The molecule has 9 heteroatoms. The van der Waals surface area contributed by atoms with Crippen LogP contribution in [0.2, 0.25) is 0 Å². The molecule has 1 aromatic rings. The second-order valence-corrected chi connectivity index (χ2v) is 5.15. The highest BCUT2D eigenvalue weighted by Gasteiger charge is 2.38. The van der Waals surface area contributed by atoms with Gasteiger partial charge in [-0.05, 0) is 12.1 Å². The lowest BCUT2D eigenvalue weighted by atomic mass is 10.0. The average molecular weight is 349 g/mol. The standard InChI is InChI=1S/C15H15F4NO4/c1-9(21)24-8-13(22)10-6-11(15(17,18)19)14(12(16)7-10)20-2-4-23-5-3-20/h6-7H,2-5,8H2,1H3. The lowest BCUT2D eigenvalue weighted by molar-refractivity contribution is -0.140. The van der Waals surface area contributed by atoms with Crippen LogP contribution >= 0.6 is 0 Å². The molecule has 0 N–H and O–H groups in total. The Morgan fingerprint density at radius 1 is 1.25 bits per heavy atom. The number of esters is 1. The summed E-state index contributed by atoms with van der Waals surface area (Å²) in [6.45, 7) is 0.898. The topological polar surface area (TPSA) is 55.8 Å². The number of halogens is 4.